The van der Waals surface area contributed by atoms with Gasteiger partial charge in [0.05, 0.1) is 6.54 Å². The fourth-order valence-corrected chi connectivity index (χ4v) is 3.46. The number of hydrogen-bond donors (Lipinski definition) is 2. The fraction of sp³-hybridized carbons (Fsp3) is 0.238. The number of nitrogens with zero attached hydrogens (tertiary/aromatic N) is 1. The van der Waals surface area contributed by atoms with Gasteiger partial charge in [-0.25, -0.2) is 4.79 Å². The Morgan fingerprint density at radius 2 is 1.83 bits per heavy atom. The summed E-state index contributed by atoms with van der Waals surface area (Å²) in [6.07, 6.45) is 0.351. The van der Waals surface area contributed by atoms with E-state index < -0.39 is 17.5 Å². The Bertz CT molecular complexity index is 990. The zero-order valence-corrected chi connectivity index (χ0v) is 17.6. The van der Waals surface area contributed by atoms with Gasteiger partial charge in [0.1, 0.15) is 5.54 Å². The topological polar surface area (TPSA) is 95.6 Å². The number of urea groups is 1. The van der Waals surface area contributed by atoms with Crippen molar-refractivity contribution in [3.63, 3.8) is 0 Å². The second kappa shape index (κ2) is 8.16. The predicted octanol–water partition coefficient (Wildman–Crippen LogP) is 3.45. The summed E-state index contributed by atoms with van der Waals surface area (Å²) < 4.78 is 0.781. The lowest BCUT2D eigenvalue weighted by atomic mass is 9.92. The number of anilines is 1. The molecule has 1 saturated heterocycles. The van der Waals surface area contributed by atoms with Gasteiger partial charge < -0.3 is 10.6 Å². The Hall–Kier alpha value is -3.00. The maximum Gasteiger partial charge on any atom is 0.325 e. The highest BCUT2D eigenvalue weighted by Crippen LogP contribution is 2.30. The average Bonchev–Trinajstić information content (AvgIpc) is 2.92. The van der Waals surface area contributed by atoms with Crippen LogP contribution in [0.25, 0.3) is 0 Å². The number of carbonyl (C=O) groups is 4. The summed E-state index contributed by atoms with van der Waals surface area (Å²) in [4.78, 5) is 50.3. The van der Waals surface area contributed by atoms with E-state index in [0.29, 0.717) is 23.2 Å². The molecular weight excluding hydrogens is 438 g/mol. The molecule has 29 heavy (non-hydrogen) atoms. The second-order valence-electron chi connectivity index (χ2n) is 6.86. The molecule has 1 aliphatic heterocycles. The molecule has 1 unspecified atom stereocenters. The van der Waals surface area contributed by atoms with E-state index in [-0.39, 0.29) is 18.2 Å². The van der Waals surface area contributed by atoms with Gasteiger partial charge in [-0.3, -0.25) is 19.3 Å². The lowest BCUT2D eigenvalue weighted by Crippen LogP contribution is -2.41. The van der Waals surface area contributed by atoms with Gasteiger partial charge in [0.2, 0.25) is 5.91 Å². The van der Waals surface area contributed by atoms with E-state index in [1.54, 1.807) is 56.3 Å². The van der Waals surface area contributed by atoms with Crippen LogP contribution >= 0.6 is 15.9 Å². The maximum atomic E-state index is 13.0. The molecule has 1 fully saturated rings. The smallest absolute Gasteiger partial charge is 0.325 e. The van der Waals surface area contributed by atoms with Gasteiger partial charge in [0, 0.05) is 22.1 Å². The second-order valence-corrected chi connectivity index (χ2v) is 7.77. The summed E-state index contributed by atoms with van der Waals surface area (Å²) in [7, 11) is 0. The summed E-state index contributed by atoms with van der Waals surface area (Å²) in [6.45, 7) is 2.99. The Balaban J connectivity index is 1.74. The van der Waals surface area contributed by atoms with Crippen molar-refractivity contribution in [1.29, 1.82) is 0 Å². The molecule has 4 amide bonds. The molecular formula is C21H20BrN3O4. The monoisotopic (exact) mass is 457 g/mol. The molecule has 2 aromatic carbocycles. The molecule has 0 bridgehead atoms. The Kier molecular flexibility index (Phi) is 5.83. The molecule has 0 spiro atoms. The number of amides is 4. The van der Waals surface area contributed by atoms with Crippen molar-refractivity contribution in [1.82, 2.24) is 10.2 Å². The van der Waals surface area contributed by atoms with Crippen molar-refractivity contribution in [2.75, 3.05) is 11.9 Å². The minimum atomic E-state index is -1.24. The fourth-order valence-electron chi connectivity index (χ4n) is 3.06. The summed E-state index contributed by atoms with van der Waals surface area (Å²) in [5, 5.41) is 5.38. The Labute approximate surface area is 176 Å². The largest absolute Gasteiger partial charge is 0.326 e. The molecule has 8 heteroatoms. The molecule has 2 aromatic rings. The highest BCUT2D eigenvalue weighted by atomic mass is 79.9. The zero-order chi connectivity index (χ0) is 21.2. The van der Waals surface area contributed by atoms with Crippen molar-refractivity contribution >= 4 is 45.2 Å². The van der Waals surface area contributed by atoms with Gasteiger partial charge in [-0.1, -0.05) is 35.0 Å². The van der Waals surface area contributed by atoms with Crippen LogP contribution in [0.2, 0.25) is 0 Å². The standard InChI is InChI=1S/C21H20BrN3O4/c1-3-18(27)23-16-9-7-13(8-10-16)17(26)12-25-19(28)21(2,24-20(25)29)14-5-4-6-15(22)11-14/h4-11H,3,12H2,1-2H3,(H,23,27)(H,24,29). The number of hydrogen-bond acceptors (Lipinski definition) is 4. The summed E-state index contributed by atoms with van der Waals surface area (Å²) in [5.41, 5.74) is 0.299. The van der Waals surface area contributed by atoms with Crippen LogP contribution in [0.1, 0.15) is 36.2 Å². The molecule has 2 N–H and O–H groups in total. The Morgan fingerprint density at radius 3 is 2.45 bits per heavy atom. The predicted molar refractivity (Wildman–Crippen MR) is 111 cm³/mol. The van der Waals surface area contributed by atoms with Crippen molar-refractivity contribution in [2.24, 2.45) is 0 Å². The summed E-state index contributed by atoms with van der Waals surface area (Å²) in [5.74, 6) is -0.989. The first-order chi connectivity index (χ1) is 13.7. The number of nitrogens with one attached hydrogen (secondary N) is 2. The number of Topliss-reactive ketones (excluding diaryl/α,β-unsaturated/α-hetero) is 1. The van der Waals surface area contributed by atoms with Crippen LogP contribution in [0.3, 0.4) is 0 Å². The third-order valence-electron chi connectivity index (χ3n) is 4.79. The van der Waals surface area contributed by atoms with Crippen LogP contribution in [0.5, 0.6) is 0 Å². The first-order valence-corrected chi connectivity index (χ1v) is 9.87. The zero-order valence-electron chi connectivity index (χ0n) is 16.0. The van der Waals surface area contributed by atoms with Crippen LogP contribution in [0, 0.1) is 0 Å². The molecule has 1 atom stereocenters. The van der Waals surface area contributed by atoms with E-state index in [1.807, 2.05) is 6.07 Å². The van der Waals surface area contributed by atoms with Crippen molar-refractivity contribution in [2.45, 2.75) is 25.8 Å². The van der Waals surface area contributed by atoms with Gasteiger partial charge in [-0.2, -0.15) is 0 Å². The molecule has 0 aromatic heterocycles. The van der Waals surface area contributed by atoms with E-state index in [4.69, 9.17) is 0 Å². The summed E-state index contributed by atoms with van der Waals surface area (Å²) in [6, 6.07) is 12.8. The van der Waals surface area contributed by atoms with Crippen LogP contribution in [-0.2, 0) is 15.1 Å². The molecule has 3 rings (SSSR count). The molecule has 0 radical (unpaired) electrons. The number of carbonyl (C=O) groups excluding carboxylic acids is 4. The molecule has 1 aliphatic rings. The maximum absolute atomic E-state index is 13.0. The van der Waals surface area contributed by atoms with E-state index in [0.717, 1.165) is 9.37 Å². The van der Waals surface area contributed by atoms with E-state index >= 15 is 0 Å². The Morgan fingerprint density at radius 1 is 1.14 bits per heavy atom. The van der Waals surface area contributed by atoms with Gasteiger partial charge in [-0.15, -0.1) is 0 Å². The highest BCUT2D eigenvalue weighted by molar-refractivity contribution is 9.10. The first-order valence-electron chi connectivity index (χ1n) is 9.08. The van der Waals surface area contributed by atoms with Crippen LogP contribution in [0.4, 0.5) is 10.5 Å². The summed E-state index contributed by atoms with van der Waals surface area (Å²) >= 11 is 3.36. The van der Waals surface area contributed by atoms with Gasteiger partial charge >= 0.3 is 6.03 Å². The van der Waals surface area contributed by atoms with Crippen LogP contribution in [0.15, 0.2) is 53.0 Å². The normalized spacial score (nSPS) is 18.5. The van der Waals surface area contributed by atoms with Crippen molar-refractivity contribution < 1.29 is 19.2 Å². The number of benzene rings is 2. The molecule has 7 nitrogen and oxygen atoms in total. The minimum absolute atomic E-state index is 0.129. The SMILES string of the molecule is CCC(=O)Nc1ccc(C(=O)CN2C(=O)NC(C)(c3cccc(Br)c3)C2=O)cc1. The average molecular weight is 458 g/mol. The number of ketones is 1. The van der Waals surface area contributed by atoms with Gasteiger partial charge in [0.25, 0.3) is 5.91 Å². The van der Waals surface area contributed by atoms with Gasteiger partial charge in [0.15, 0.2) is 5.78 Å². The van der Waals surface area contributed by atoms with E-state index in [9.17, 15) is 19.2 Å². The van der Waals surface area contributed by atoms with Crippen molar-refractivity contribution in [3.05, 3.63) is 64.1 Å². The quantitative estimate of drug-likeness (QED) is 0.512. The van der Waals surface area contributed by atoms with E-state index in [1.165, 1.54) is 0 Å². The molecule has 150 valence electrons. The third kappa shape index (κ3) is 4.22. The number of halogens is 1. The van der Waals surface area contributed by atoms with E-state index in [2.05, 4.69) is 26.6 Å². The molecule has 0 aliphatic carbocycles. The molecule has 0 saturated carbocycles. The minimum Gasteiger partial charge on any atom is -0.326 e. The third-order valence-corrected chi connectivity index (χ3v) is 5.28. The lowest BCUT2D eigenvalue weighted by Gasteiger charge is -2.22. The van der Waals surface area contributed by atoms with Crippen LogP contribution in [-0.4, -0.2) is 35.1 Å². The van der Waals surface area contributed by atoms with Gasteiger partial charge in [-0.05, 0) is 48.9 Å². The lowest BCUT2D eigenvalue weighted by molar-refractivity contribution is -0.130. The van der Waals surface area contributed by atoms with Crippen LogP contribution < -0.4 is 10.6 Å². The molecule has 1 heterocycles. The first kappa shape index (κ1) is 20.7. The number of imide groups is 1. The highest BCUT2D eigenvalue weighted by Gasteiger charge is 2.49. The van der Waals surface area contributed by atoms with Crippen molar-refractivity contribution in [3.8, 4) is 0 Å². The number of rotatable bonds is 6.